The summed E-state index contributed by atoms with van der Waals surface area (Å²) in [6.45, 7) is 2.90. The Balaban J connectivity index is 2.69. The molecule has 0 amide bonds. The Bertz CT molecular complexity index is 274. The second kappa shape index (κ2) is 3.63. The van der Waals surface area contributed by atoms with Crippen molar-refractivity contribution in [2.24, 2.45) is 0 Å². The van der Waals surface area contributed by atoms with E-state index in [1.165, 1.54) is 6.92 Å². The molecule has 0 bridgehead atoms. The Morgan fingerprint density at radius 3 is 2.14 bits per heavy atom. The van der Waals surface area contributed by atoms with Gasteiger partial charge >= 0.3 is 6.18 Å². The molecule has 0 aliphatic heterocycles. The zero-order valence-electron chi connectivity index (χ0n) is 8.13. The Morgan fingerprint density at radius 2 is 1.79 bits per heavy atom. The van der Waals surface area contributed by atoms with Gasteiger partial charge in [0.25, 0.3) is 0 Å². The lowest BCUT2D eigenvalue weighted by molar-refractivity contribution is -0.0590. The zero-order chi connectivity index (χ0) is 10.9. The fourth-order valence-electron chi connectivity index (χ4n) is 1.04. The molecule has 5 heteroatoms. The first kappa shape index (κ1) is 11.1. The van der Waals surface area contributed by atoms with Crippen molar-refractivity contribution in [1.29, 1.82) is 5.41 Å². The van der Waals surface area contributed by atoms with Crippen LogP contribution in [0.15, 0.2) is 11.3 Å². The molecular weight excluding hydrogens is 193 g/mol. The third kappa shape index (κ3) is 2.75. The van der Waals surface area contributed by atoms with Crippen LogP contribution in [0.1, 0.15) is 26.7 Å². The molecule has 0 radical (unpaired) electrons. The van der Waals surface area contributed by atoms with Gasteiger partial charge in [-0.25, -0.2) is 0 Å². The van der Waals surface area contributed by atoms with Gasteiger partial charge in [0.15, 0.2) is 0 Å². The van der Waals surface area contributed by atoms with E-state index in [0.717, 1.165) is 12.8 Å². The Kier molecular flexibility index (Phi) is 2.87. The highest BCUT2D eigenvalue weighted by Gasteiger charge is 2.36. The van der Waals surface area contributed by atoms with Crippen molar-refractivity contribution >= 4 is 5.71 Å². The second-order valence-electron chi connectivity index (χ2n) is 3.54. The maximum atomic E-state index is 12.1. The SMILES string of the molecule is C/C(NC1CC1)=C(\C)C(=N)C(F)(F)F. The molecule has 80 valence electrons. The molecule has 1 aliphatic rings. The molecule has 0 aromatic heterocycles. The van der Waals surface area contributed by atoms with Crippen LogP contribution < -0.4 is 5.32 Å². The van der Waals surface area contributed by atoms with Crippen LogP contribution in [0.5, 0.6) is 0 Å². The monoisotopic (exact) mass is 206 g/mol. The quantitative estimate of drug-likeness (QED) is 0.684. The lowest BCUT2D eigenvalue weighted by Crippen LogP contribution is -2.26. The maximum Gasteiger partial charge on any atom is 0.432 e. The number of hydrogen-bond donors (Lipinski definition) is 2. The first-order valence-corrected chi connectivity index (χ1v) is 4.42. The topological polar surface area (TPSA) is 35.9 Å². The van der Waals surface area contributed by atoms with Crippen molar-refractivity contribution < 1.29 is 13.2 Å². The molecule has 14 heavy (non-hydrogen) atoms. The molecule has 0 saturated heterocycles. The Morgan fingerprint density at radius 1 is 1.29 bits per heavy atom. The number of halogens is 3. The van der Waals surface area contributed by atoms with Gasteiger partial charge in [-0.1, -0.05) is 0 Å². The average Bonchev–Trinajstić information content (AvgIpc) is 2.83. The highest BCUT2D eigenvalue weighted by Crippen LogP contribution is 2.24. The van der Waals surface area contributed by atoms with Crippen molar-refractivity contribution in [2.45, 2.75) is 38.9 Å². The largest absolute Gasteiger partial charge is 0.432 e. The molecule has 1 fully saturated rings. The summed E-state index contributed by atoms with van der Waals surface area (Å²) in [4.78, 5) is 0. The third-order valence-electron chi connectivity index (χ3n) is 2.22. The van der Waals surface area contributed by atoms with Gasteiger partial charge in [0.05, 0.1) is 0 Å². The summed E-state index contributed by atoms with van der Waals surface area (Å²) >= 11 is 0. The first-order chi connectivity index (χ1) is 6.32. The van der Waals surface area contributed by atoms with E-state index in [1.807, 2.05) is 0 Å². The molecule has 0 spiro atoms. The summed E-state index contributed by atoms with van der Waals surface area (Å²) in [5.74, 6) is 0. The van der Waals surface area contributed by atoms with E-state index in [4.69, 9.17) is 5.41 Å². The standard InChI is InChI=1S/C9H13F3N2/c1-5(8(13)9(10,11)12)6(2)14-7-3-4-7/h7,13-14H,3-4H2,1-2H3/b6-5-,13-8?. The molecule has 0 aromatic rings. The van der Waals surface area contributed by atoms with E-state index in [9.17, 15) is 13.2 Å². The predicted molar refractivity (Wildman–Crippen MR) is 48.3 cm³/mol. The summed E-state index contributed by atoms with van der Waals surface area (Å²) in [7, 11) is 0. The van der Waals surface area contributed by atoms with E-state index in [2.05, 4.69) is 5.32 Å². The average molecular weight is 206 g/mol. The van der Waals surface area contributed by atoms with Crippen molar-refractivity contribution in [3.8, 4) is 0 Å². The number of allylic oxidation sites excluding steroid dienone is 2. The van der Waals surface area contributed by atoms with Gasteiger partial charge in [-0.15, -0.1) is 0 Å². The van der Waals surface area contributed by atoms with Crippen LogP contribution in [0.2, 0.25) is 0 Å². The lowest BCUT2D eigenvalue weighted by atomic mass is 10.1. The molecular formula is C9H13F3N2. The number of rotatable bonds is 3. The summed E-state index contributed by atoms with van der Waals surface area (Å²) in [6.07, 6.45) is -2.54. The highest BCUT2D eigenvalue weighted by atomic mass is 19.4. The summed E-state index contributed by atoms with van der Waals surface area (Å²) in [6, 6.07) is 0.311. The molecule has 1 aliphatic carbocycles. The van der Waals surface area contributed by atoms with Crippen LogP contribution in [0.4, 0.5) is 13.2 Å². The van der Waals surface area contributed by atoms with Crippen LogP contribution in [0, 0.1) is 5.41 Å². The fraction of sp³-hybridized carbons (Fsp3) is 0.667. The van der Waals surface area contributed by atoms with Gasteiger partial charge in [0.1, 0.15) is 5.71 Å². The predicted octanol–water partition coefficient (Wildman–Crippen LogP) is 2.61. The number of alkyl halides is 3. The third-order valence-corrected chi connectivity index (χ3v) is 2.22. The molecule has 1 saturated carbocycles. The van der Waals surface area contributed by atoms with E-state index in [1.54, 1.807) is 6.92 Å². The molecule has 0 aromatic carbocycles. The summed E-state index contributed by atoms with van der Waals surface area (Å²) < 4.78 is 36.4. The van der Waals surface area contributed by atoms with Crippen LogP contribution in [0.25, 0.3) is 0 Å². The Labute approximate surface area is 80.7 Å². The van der Waals surface area contributed by atoms with Gasteiger partial charge in [-0.05, 0) is 32.3 Å². The number of nitrogens with one attached hydrogen (secondary N) is 2. The minimum atomic E-state index is -4.55. The van der Waals surface area contributed by atoms with Crippen LogP contribution in [0.3, 0.4) is 0 Å². The van der Waals surface area contributed by atoms with E-state index < -0.39 is 11.9 Å². The van der Waals surface area contributed by atoms with Crippen molar-refractivity contribution in [3.05, 3.63) is 11.3 Å². The summed E-state index contributed by atoms with van der Waals surface area (Å²) in [5.41, 5.74) is -0.831. The van der Waals surface area contributed by atoms with E-state index in [-0.39, 0.29) is 5.57 Å². The van der Waals surface area contributed by atoms with Crippen LogP contribution in [-0.4, -0.2) is 17.9 Å². The van der Waals surface area contributed by atoms with Crippen LogP contribution in [-0.2, 0) is 0 Å². The molecule has 2 nitrogen and oxygen atoms in total. The smallest absolute Gasteiger partial charge is 0.386 e. The first-order valence-electron chi connectivity index (χ1n) is 4.42. The fourth-order valence-corrected chi connectivity index (χ4v) is 1.04. The molecule has 1 rings (SSSR count). The molecule has 0 unspecified atom stereocenters. The van der Waals surface area contributed by atoms with Gasteiger partial charge in [-0.2, -0.15) is 13.2 Å². The van der Waals surface area contributed by atoms with Crippen molar-refractivity contribution in [2.75, 3.05) is 0 Å². The normalized spacial score (nSPS) is 18.9. The van der Waals surface area contributed by atoms with Gasteiger partial charge in [-0.3, -0.25) is 5.41 Å². The second-order valence-corrected chi connectivity index (χ2v) is 3.54. The summed E-state index contributed by atoms with van der Waals surface area (Å²) in [5, 5.41) is 9.86. The molecule has 0 atom stereocenters. The van der Waals surface area contributed by atoms with Crippen molar-refractivity contribution in [3.63, 3.8) is 0 Å². The minimum absolute atomic E-state index is 0.0237. The van der Waals surface area contributed by atoms with Gasteiger partial charge in [0.2, 0.25) is 0 Å². The minimum Gasteiger partial charge on any atom is -0.386 e. The van der Waals surface area contributed by atoms with E-state index in [0.29, 0.717) is 11.7 Å². The van der Waals surface area contributed by atoms with Gasteiger partial charge in [0, 0.05) is 11.7 Å². The van der Waals surface area contributed by atoms with E-state index >= 15 is 0 Å². The lowest BCUT2D eigenvalue weighted by Gasteiger charge is -2.13. The van der Waals surface area contributed by atoms with Crippen LogP contribution >= 0.6 is 0 Å². The Hall–Kier alpha value is -1.00. The molecule has 2 N–H and O–H groups in total. The van der Waals surface area contributed by atoms with Crippen molar-refractivity contribution in [1.82, 2.24) is 5.32 Å². The zero-order valence-corrected chi connectivity index (χ0v) is 8.13. The highest BCUT2D eigenvalue weighted by molar-refractivity contribution is 6.01. The molecule has 0 heterocycles. The maximum absolute atomic E-state index is 12.1. The number of hydrogen-bond acceptors (Lipinski definition) is 2. The van der Waals surface area contributed by atoms with Gasteiger partial charge < -0.3 is 5.32 Å².